The number of carbonyl (C=O) groups excluding carboxylic acids is 2. The first kappa shape index (κ1) is 48.9. The summed E-state index contributed by atoms with van der Waals surface area (Å²) in [5.41, 5.74) is 0. The highest BCUT2D eigenvalue weighted by molar-refractivity contribution is 5.70. The summed E-state index contributed by atoms with van der Waals surface area (Å²) in [7, 11) is 0. The van der Waals surface area contributed by atoms with E-state index in [9.17, 15) is 9.59 Å². The highest BCUT2D eigenvalue weighted by Gasteiger charge is 2.17. The Morgan fingerprint density at radius 2 is 0.660 bits per heavy atom. The van der Waals surface area contributed by atoms with E-state index in [1.165, 1.54) is 186 Å². The third-order valence-electron chi connectivity index (χ3n) is 10.1. The van der Waals surface area contributed by atoms with E-state index in [1.54, 1.807) is 0 Å². The zero-order chi connectivity index (χ0) is 36.4. The third-order valence-corrected chi connectivity index (χ3v) is 10.1. The van der Waals surface area contributed by atoms with Gasteiger partial charge in [0.25, 0.3) is 0 Å². The Hall–Kier alpha value is -1.10. The molecule has 0 radical (unpaired) electrons. The molecule has 0 rings (SSSR count). The molecule has 0 aromatic carbocycles. The molecule has 0 aromatic heterocycles. The lowest BCUT2D eigenvalue weighted by atomic mass is 10.0. The van der Waals surface area contributed by atoms with Crippen molar-refractivity contribution in [3.63, 3.8) is 0 Å². The summed E-state index contributed by atoms with van der Waals surface area (Å²) in [6, 6.07) is 0. The first-order valence-corrected chi connectivity index (χ1v) is 22.6. The predicted molar refractivity (Wildman–Crippen MR) is 215 cm³/mol. The number of hydrogen-bond donors (Lipinski definition) is 0. The number of ether oxygens (including phenoxy) is 3. The van der Waals surface area contributed by atoms with E-state index in [0.29, 0.717) is 26.1 Å². The fraction of sp³-hybridized carbons (Fsp3) is 0.956. The van der Waals surface area contributed by atoms with Crippen LogP contribution in [0.4, 0.5) is 0 Å². The third kappa shape index (κ3) is 39.7. The lowest BCUT2D eigenvalue weighted by Crippen LogP contribution is -2.30. The van der Waals surface area contributed by atoms with Crippen molar-refractivity contribution < 1.29 is 23.8 Å². The molecule has 298 valence electrons. The number of rotatable bonds is 42. The summed E-state index contributed by atoms with van der Waals surface area (Å²) < 4.78 is 17.3. The molecular weight excluding hydrogens is 620 g/mol. The van der Waals surface area contributed by atoms with Gasteiger partial charge in [0.15, 0.2) is 6.10 Å². The van der Waals surface area contributed by atoms with Crippen molar-refractivity contribution >= 4 is 11.9 Å². The van der Waals surface area contributed by atoms with Gasteiger partial charge in [-0.25, -0.2) is 0 Å². The number of esters is 2. The van der Waals surface area contributed by atoms with Crippen LogP contribution in [0.3, 0.4) is 0 Å². The standard InChI is InChI=1S/C45H88O5/c1-4-7-10-13-16-19-21-23-24-27-29-32-35-38-44(46)49-42-43(50-45(47)39-36-33-30-26-18-15-12-9-6-3)41-48-40-37-34-31-28-25-22-20-17-14-11-8-5-2/h43H,4-42H2,1-3H3. The fourth-order valence-electron chi connectivity index (χ4n) is 6.75. The van der Waals surface area contributed by atoms with Gasteiger partial charge in [0.1, 0.15) is 6.61 Å². The molecule has 0 aliphatic heterocycles. The summed E-state index contributed by atoms with van der Waals surface area (Å²) in [4.78, 5) is 25.1. The van der Waals surface area contributed by atoms with E-state index < -0.39 is 6.10 Å². The van der Waals surface area contributed by atoms with Crippen LogP contribution in [0.15, 0.2) is 0 Å². The SMILES string of the molecule is CCCCCCCCCCCCCCCC(=O)OCC(COCCCCCCCCCCCCCC)OC(=O)CCCCCCCCCCC. The van der Waals surface area contributed by atoms with E-state index >= 15 is 0 Å². The Labute approximate surface area is 312 Å². The number of carbonyl (C=O) groups is 2. The van der Waals surface area contributed by atoms with Gasteiger partial charge in [0.05, 0.1) is 6.61 Å². The first-order chi connectivity index (χ1) is 24.6. The fourth-order valence-corrected chi connectivity index (χ4v) is 6.75. The van der Waals surface area contributed by atoms with Gasteiger partial charge in [-0.05, 0) is 19.3 Å². The molecule has 1 unspecified atom stereocenters. The Morgan fingerprint density at radius 1 is 0.360 bits per heavy atom. The van der Waals surface area contributed by atoms with Crippen molar-refractivity contribution in [3.05, 3.63) is 0 Å². The summed E-state index contributed by atoms with van der Waals surface area (Å²) in [6.45, 7) is 7.86. The molecule has 0 saturated heterocycles. The summed E-state index contributed by atoms with van der Waals surface area (Å²) in [5, 5.41) is 0. The second-order valence-corrected chi connectivity index (χ2v) is 15.3. The zero-order valence-corrected chi connectivity index (χ0v) is 34.2. The number of unbranched alkanes of at least 4 members (excludes halogenated alkanes) is 31. The molecule has 5 nitrogen and oxygen atoms in total. The van der Waals surface area contributed by atoms with Crippen molar-refractivity contribution in [2.24, 2.45) is 0 Å². The average Bonchev–Trinajstić information content (AvgIpc) is 3.11. The van der Waals surface area contributed by atoms with E-state index in [4.69, 9.17) is 14.2 Å². The smallest absolute Gasteiger partial charge is 0.306 e. The van der Waals surface area contributed by atoms with Gasteiger partial charge in [0, 0.05) is 19.4 Å². The van der Waals surface area contributed by atoms with Crippen molar-refractivity contribution in [3.8, 4) is 0 Å². The van der Waals surface area contributed by atoms with Gasteiger partial charge in [-0.1, -0.05) is 220 Å². The second-order valence-electron chi connectivity index (χ2n) is 15.3. The van der Waals surface area contributed by atoms with Crippen molar-refractivity contribution in [1.82, 2.24) is 0 Å². The maximum atomic E-state index is 12.6. The van der Waals surface area contributed by atoms with Gasteiger partial charge in [0.2, 0.25) is 0 Å². The minimum Gasteiger partial charge on any atom is -0.462 e. The van der Waals surface area contributed by atoms with Crippen LogP contribution in [0.5, 0.6) is 0 Å². The Morgan fingerprint density at radius 3 is 1.02 bits per heavy atom. The molecule has 0 amide bonds. The Balaban J connectivity index is 4.16. The number of hydrogen-bond acceptors (Lipinski definition) is 5. The first-order valence-electron chi connectivity index (χ1n) is 22.6. The molecule has 0 aliphatic rings. The molecule has 0 aliphatic carbocycles. The van der Waals surface area contributed by atoms with Gasteiger partial charge >= 0.3 is 11.9 Å². The van der Waals surface area contributed by atoms with E-state index in [1.807, 2.05) is 0 Å². The van der Waals surface area contributed by atoms with Crippen molar-refractivity contribution in [2.45, 2.75) is 258 Å². The van der Waals surface area contributed by atoms with Gasteiger partial charge in [-0.15, -0.1) is 0 Å². The van der Waals surface area contributed by atoms with Gasteiger partial charge in [-0.2, -0.15) is 0 Å². The minimum absolute atomic E-state index is 0.0965. The minimum atomic E-state index is -0.519. The Kier molecular flexibility index (Phi) is 41.4. The van der Waals surface area contributed by atoms with Crippen molar-refractivity contribution in [2.75, 3.05) is 19.8 Å². The highest BCUT2D eigenvalue weighted by atomic mass is 16.6. The summed E-state index contributed by atoms with van der Waals surface area (Å²) >= 11 is 0. The molecule has 0 spiro atoms. The largest absolute Gasteiger partial charge is 0.462 e. The second kappa shape index (κ2) is 42.3. The maximum absolute atomic E-state index is 12.6. The summed E-state index contributed by atoms with van der Waals surface area (Å²) in [5.74, 6) is -0.381. The monoisotopic (exact) mass is 709 g/mol. The lowest BCUT2D eigenvalue weighted by molar-refractivity contribution is -0.163. The molecule has 0 aromatic rings. The lowest BCUT2D eigenvalue weighted by Gasteiger charge is -2.18. The quantitative estimate of drug-likeness (QED) is 0.0466. The maximum Gasteiger partial charge on any atom is 0.306 e. The molecule has 5 heteroatoms. The highest BCUT2D eigenvalue weighted by Crippen LogP contribution is 2.15. The molecule has 0 N–H and O–H groups in total. The van der Waals surface area contributed by atoms with Crippen LogP contribution in [0, 0.1) is 0 Å². The Bertz CT molecular complexity index is 680. The normalized spacial score (nSPS) is 12.0. The van der Waals surface area contributed by atoms with E-state index in [2.05, 4.69) is 20.8 Å². The van der Waals surface area contributed by atoms with Gasteiger partial charge < -0.3 is 14.2 Å². The molecular formula is C45H88O5. The van der Waals surface area contributed by atoms with Crippen LogP contribution >= 0.6 is 0 Å². The van der Waals surface area contributed by atoms with E-state index in [0.717, 1.165) is 32.1 Å². The molecule has 0 fully saturated rings. The molecule has 0 saturated carbocycles. The van der Waals surface area contributed by atoms with Crippen LogP contribution < -0.4 is 0 Å². The zero-order valence-electron chi connectivity index (χ0n) is 34.2. The average molecular weight is 709 g/mol. The van der Waals surface area contributed by atoms with E-state index in [-0.39, 0.29) is 18.5 Å². The molecule has 1 atom stereocenters. The molecule has 0 heterocycles. The van der Waals surface area contributed by atoms with Crippen LogP contribution in [0.25, 0.3) is 0 Å². The van der Waals surface area contributed by atoms with Crippen molar-refractivity contribution in [1.29, 1.82) is 0 Å². The molecule has 0 bridgehead atoms. The molecule has 50 heavy (non-hydrogen) atoms. The van der Waals surface area contributed by atoms with Gasteiger partial charge in [-0.3, -0.25) is 9.59 Å². The van der Waals surface area contributed by atoms with Crippen LogP contribution in [-0.4, -0.2) is 37.9 Å². The summed E-state index contributed by atoms with van der Waals surface area (Å²) in [6.07, 6.45) is 43.8. The predicted octanol–water partition coefficient (Wildman–Crippen LogP) is 14.6. The van der Waals surface area contributed by atoms with Crippen LogP contribution in [0.1, 0.15) is 252 Å². The topological polar surface area (TPSA) is 61.8 Å². The van der Waals surface area contributed by atoms with Crippen LogP contribution in [0.2, 0.25) is 0 Å². The van der Waals surface area contributed by atoms with Crippen LogP contribution in [-0.2, 0) is 23.8 Å².